The van der Waals surface area contributed by atoms with Gasteiger partial charge in [0.1, 0.15) is 34.7 Å². The highest BCUT2D eigenvalue weighted by Crippen LogP contribution is 2.38. The minimum absolute atomic E-state index is 0.0397. The maximum Gasteiger partial charge on any atom is 0.255 e. The maximum atomic E-state index is 14.3. The van der Waals surface area contributed by atoms with Gasteiger partial charge in [-0.1, -0.05) is 25.4 Å². The van der Waals surface area contributed by atoms with Crippen molar-refractivity contribution in [1.82, 2.24) is 19.6 Å². The topological polar surface area (TPSA) is 55.1 Å². The fourth-order valence-electron chi connectivity index (χ4n) is 2.33. The zero-order valence-corrected chi connectivity index (χ0v) is 14.4. The molecular formula is C16H15ClF3N5. The van der Waals surface area contributed by atoms with Gasteiger partial charge in [0, 0.05) is 18.2 Å². The highest BCUT2D eigenvalue weighted by Gasteiger charge is 2.25. The van der Waals surface area contributed by atoms with Crippen LogP contribution in [0.15, 0.2) is 18.5 Å². The molecule has 0 saturated heterocycles. The Balaban J connectivity index is 2.32. The largest absolute Gasteiger partial charge is 0.367 e. The molecule has 9 heteroatoms. The molecule has 5 nitrogen and oxygen atoms in total. The van der Waals surface area contributed by atoms with Crippen molar-refractivity contribution < 1.29 is 13.2 Å². The summed E-state index contributed by atoms with van der Waals surface area (Å²) in [7, 11) is 0. The third-order valence-corrected chi connectivity index (χ3v) is 4.28. The minimum atomic E-state index is -1.08. The van der Waals surface area contributed by atoms with Crippen molar-refractivity contribution in [2.45, 2.75) is 26.8 Å². The van der Waals surface area contributed by atoms with E-state index < -0.39 is 23.0 Å². The molecule has 0 saturated carbocycles. The predicted molar refractivity (Wildman–Crippen MR) is 89.0 cm³/mol. The van der Waals surface area contributed by atoms with Crippen LogP contribution in [0.3, 0.4) is 0 Å². The highest BCUT2D eigenvalue weighted by molar-refractivity contribution is 6.33. The molecular weight excluding hydrogens is 355 g/mol. The highest BCUT2D eigenvalue weighted by atomic mass is 35.5. The molecule has 132 valence electrons. The molecule has 3 aromatic rings. The van der Waals surface area contributed by atoms with Crippen molar-refractivity contribution in [2.75, 3.05) is 5.32 Å². The van der Waals surface area contributed by atoms with Crippen LogP contribution < -0.4 is 5.32 Å². The van der Waals surface area contributed by atoms with Gasteiger partial charge in [-0.05, 0) is 12.8 Å². The van der Waals surface area contributed by atoms with E-state index in [0.29, 0.717) is 12.1 Å². The first kappa shape index (κ1) is 17.5. The molecule has 1 atom stereocenters. The summed E-state index contributed by atoms with van der Waals surface area (Å²) in [6, 6.07) is 1.11. The fourth-order valence-corrected chi connectivity index (χ4v) is 2.59. The number of hydrogen-bond acceptors (Lipinski definition) is 4. The van der Waals surface area contributed by atoms with Crippen LogP contribution in [0.25, 0.3) is 16.9 Å². The standard InChI is InChI=1S/C16H15ClF3N5/c1-7(2)8(3)23-15-13(12-10(19)4-9(18)5-11(12)20)14(17)24-16-21-6-22-25(15)16/h4-8,23H,1-3H3/t8-/m0/s1. The van der Waals surface area contributed by atoms with Crippen LogP contribution in [0.5, 0.6) is 0 Å². The average Bonchev–Trinajstić information content (AvgIpc) is 2.96. The van der Waals surface area contributed by atoms with Gasteiger partial charge in [0.05, 0.1) is 11.1 Å². The zero-order chi connectivity index (χ0) is 18.3. The van der Waals surface area contributed by atoms with E-state index in [2.05, 4.69) is 20.4 Å². The molecule has 1 aromatic carbocycles. The second kappa shape index (κ2) is 6.51. The van der Waals surface area contributed by atoms with Crippen molar-refractivity contribution in [2.24, 2.45) is 5.92 Å². The molecule has 0 unspecified atom stereocenters. The molecule has 3 rings (SSSR count). The third-order valence-electron chi connectivity index (χ3n) is 4.00. The Labute approximate surface area is 146 Å². The Morgan fingerprint density at radius 2 is 1.72 bits per heavy atom. The third kappa shape index (κ3) is 3.13. The second-order valence-corrected chi connectivity index (χ2v) is 6.38. The first-order valence-corrected chi connectivity index (χ1v) is 7.98. The van der Waals surface area contributed by atoms with Gasteiger partial charge in [0.2, 0.25) is 0 Å². The number of anilines is 1. The lowest BCUT2D eigenvalue weighted by Gasteiger charge is -2.22. The Morgan fingerprint density at radius 3 is 2.32 bits per heavy atom. The predicted octanol–water partition coefficient (Wildman–Crippen LogP) is 4.32. The zero-order valence-electron chi connectivity index (χ0n) is 13.7. The van der Waals surface area contributed by atoms with Crippen molar-refractivity contribution >= 4 is 23.2 Å². The first-order valence-electron chi connectivity index (χ1n) is 7.60. The van der Waals surface area contributed by atoms with Gasteiger partial charge in [0.15, 0.2) is 0 Å². The van der Waals surface area contributed by atoms with Gasteiger partial charge in [-0.15, -0.1) is 0 Å². The van der Waals surface area contributed by atoms with Crippen LogP contribution in [-0.4, -0.2) is 25.6 Å². The normalized spacial score (nSPS) is 12.8. The number of hydrogen-bond donors (Lipinski definition) is 1. The number of rotatable bonds is 4. The fraction of sp³-hybridized carbons (Fsp3) is 0.312. The average molecular weight is 370 g/mol. The lowest BCUT2D eigenvalue weighted by Crippen LogP contribution is -2.24. The maximum absolute atomic E-state index is 14.3. The van der Waals surface area contributed by atoms with Crippen LogP contribution in [-0.2, 0) is 0 Å². The summed E-state index contributed by atoms with van der Waals surface area (Å²) in [5.74, 6) is -2.56. The molecule has 0 spiro atoms. The van der Waals surface area contributed by atoms with Gasteiger partial charge in [-0.2, -0.15) is 19.6 Å². The second-order valence-electron chi connectivity index (χ2n) is 6.02. The molecule has 1 N–H and O–H groups in total. The van der Waals surface area contributed by atoms with Crippen LogP contribution in [0, 0.1) is 23.4 Å². The quantitative estimate of drug-likeness (QED) is 0.696. The van der Waals surface area contributed by atoms with E-state index in [1.807, 2.05) is 20.8 Å². The number of aromatic nitrogens is 4. The van der Waals surface area contributed by atoms with E-state index in [9.17, 15) is 13.2 Å². The summed E-state index contributed by atoms with van der Waals surface area (Å²) >= 11 is 6.19. The van der Waals surface area contributed by atoms with Crippen molar-refractivity contribution in [3.05, 3.63) is 41.1 Å². The Morgan fingerprint density at radius 1 is 1.08 bits per heavy atom. The van der Waals surface area contributed by atoms with Gasteiger partial charge in [-0.25, -0.2) is 13.2 Å². The smallest absolute Gasteiger partial charge is 0.255 e. The molecule has 0 amide bonds. The van der Waals surface area contributed by atoms with E-state index in [1.165, 1.54) is 10.8 Å². The summed E-state index contributed by atoms with van der Waals surface area (Å²) in [5.41, 5.74) is -0.517. The molecule has 0 radical (unpaired) electrons. The number of nitrogens with one attached hydrogen (secondary N) is 1. The SMILES string of the molecule is CC(C)[C@H](C)Nc1c(-c2c(F)cc(F)cc2F)c(Cl)nc2ncnn12. The number of fused-ring (bicyclic) bond motifs is 1. The van der Waals surface area contributed by atoms with E-state index in [0.717, 1.165) is 0 Å². The van der Waals surface area contributed by atoms with Gasteiger partial charge < -0.3 is 5.32 Å². The number of benzene rings is 1. The molecule has 0 aliphatic rings. The first-order chi connectivity index (χ1) is 11.8. The van der Waals surface area contributed by atoms with Crippen molar-refractivity contribution in [3.63, 3.8) is 0 Å². The molecule has 0 bridgehead atoms. The lowest BCUT2D eigenvalue weighted by molar-refractivity contribution is 0.546. The molecule has 0 fully saturated rings. The lowest BCUT2D eigenvalue weighted by atomic mass is 10.0. The monoisotopic (exact) mass is 369 g/mol. The Bertz CT molecular complexity index is 918. The Hall–Kier alpha value is -2.35. The van der Waals surface area contributed by atoms with Crippen molar-refractivity contribution in [3.8, 4) is 11.1 Å². The molecule has 0 aliphatic heterocycles. The van der Waals surface area contributed by atoms with Crippen LogP contribution >= 0.6 is 11.6 Å². The number of nitrogens with zero attached hydrogens (tertiary/aromatic N) is 4. The molecule has 2 heterocycles. The van der Waals surface area contributed by atoms with Crippen LogP contribution in [0.4, 0.5) is 19.0 Å². The summed E-state index contributed by atoms with van der Waals surface area (Å²) in [6.45, 7) is 5.87. The van der Waals surface area contributed by atoms with E-state index in [1.54, 1.807) is 0 Å². The van der Waals surface area contributed by atoms with Gasteiger partial charge in [-0.3, -0.25) is 0 Å². The van der Waals surface area contributed by atoms with Crippen LogP contribution in [0.1, 0.15) is 20.8 Å². The van der Waals surface area contributed by atoms with E-state index in [-0.39, 0.29) is 34.3 Å². The summed E-state index contributed by atoms with van der Waals surface area (Å²) in [4.78, 5) is 7.97. The van der Waals surface area contributed by atoms with Crippen molar-refractivity contribution in [1.29, 1.82) is 0 Å². The molecule has 2 aromatic heterocycles. The summed E-state index contributed by atoms with van der Waals surface area (Å²) in [6.07, 6.45) is 1.25. The molecule has 25 heavy (non-hydrogen) atoms. The number of halogens is 4. The van der Waals surface area contributed by atoms with Crippen LogP contribution in [0.2, 0.25) is 5.15 Å². The van der Waals surface area contributed by atoms with Gasteiger partial charge in [0.25, 0.3) is 5.78 Å². The van der Waals surface area contributed by atoms with E-state index in [4.69, 9.17) is 11.6 Å². The van der Waals surface area contributed by atoms with Gasteiger partial charge >= 0.3 is 0 Å². The summed E-state index contributed by atoms with van der Waals surface area (Å²) < 4.78 is 43.3. The minimum Gasteiger partial charge on any atom is -0.367 e. The summed E-state index contributed by atoms with van der Waals surface area (Å²) in [5, 5.41) is 7.03. The Kier molecular flexibility index (Phi) is 4.55. The van der Waals surface area contributed by atoms with E-state index >= 15 is 0 Å². The molecule has 0 aliphatic carbocycles.